The Bertz CT molecular complexity index is 1040. The molecule has 3 heterocycles. The van der Waals surface area contributed by atoms with Gasteiger partial charge in [-0.2, -0.15) is 0 Å². The van der Waals surface area contributed by atoms with E-state index in [4.69, 9.17) is 30.5 Å². The lowest BCUT2D eigenvalue weighted by molar-refractivity contribution is 0.00193. The summed E-state index contributed by atoms with van der Waals surface area (Å²) in [6, 6.07) is 0. The highest BCUT2D eigenvalue weighted by Gasteiger charge is 2.36. The van der Waals surface area contributed by atoms with Crippen molar-refractivity contribution >= 4 is 27.6 Å². The fourth-order valence-electron chi connectivity index (χ4n) is 3.80. The molecule has 0 saturated carbocycles. The summed E-state index contributed by atoms with van der Waals surface area (Å²) in [7, 11) is 0.471. The molecule has 0 aromatic carbocycles. The van der Waals surface area contributed by atoms with E-state index >= 15 is 0 Å². The Morgan fingerprint density at radius 1 is 1.21 bits per heavy atom. The van der Waals surface area contributed by atoms with Crippen LogP contribution in [0.1, 0.15) is 63.2 Å². The van der Waals surface area contributed by atoms with Gasteiger partial charge in [-0.05, 0) is 26.7 Å². The molecule has 3 rings (SSSR count). The molecule has 2 aromatic rings. The zero-order valence-corrected chi connectivity index (χ0v) is 21.4. The molecule has 14 heteroatoms. The summed E-state index contributed by atoms with van der Waals surface area (Å²) < 4.78 is 53.1. The summed E-state index contributed by atoms with van der Waals surface area (Å²) in [5.41, 5.74) is 0. The number of sulfonamides is 1. The van der Waals surface area contributed by atoms with E-state index in [0.29, 0.717) is 23.9 Å². The zero-order valence-electron chi connectivity index (χ0n) is 19.8. The average molecular weight is 519 g/mol. The summed E-state index contributed by atoms with van der Waals surface area (Å²) in [5, 5.41) is 7.65. The molecule has 1 aliphatic rings. The number of anilines is 1. The molecular weight excluding hydrogens is 488 g/mol. The van der Waals surface area contributed by atoms with Gasteiger partial charge in [-0.3, -0.25) is 9.29 Å². The van der Waals surface area contributed by atoms with Crippen molar-refractivity contribution in [1.29, 1.82) is 0 Å². The Kier molecular flexibility index (Phi) is 9.18. The van der Waals surface area contributed by atoms with Crippen molar-refractivity contribution in [3.05, 3.63) is 29.1 Å². The van der Waals surface area contributed by atoms with E-state index in [1.807, 2.05) is 6.92 Å². The highest BCUT2D eigenvalue weighted by atomic mass is 35.5. The van der Waals surface area contributed by atoms with Crippen LogP contribution in [0.15, 0.2) is 12.4 Å². The Morgan fingerprint density at radius 2 is 1.91 bits per heavy atom. The maximum Gasteiger partial charge on any atom is 0.240 e. The van der Waals surface area contributed by atoms with Gasteiger partial charge in [0.1, 0.15) is 23.7 Å². The summed E-state index contributed by atoms with van der Waals surface area (Å²) in [6.07, 6.45) is 3.03. The molecule has 0 radical (unpaired) electrons. The fraction of sp³-hybridized carbons (Fsp3) is 0.700. The molecule has 5 atom stereocenters. The number of ether oxygens (including phenoxy) is 4. The smallest absolute Gasteiger partial charge is 0.240 e. The first-order valence-electron chi connectivity index (χ1n) is 10.9. The number of aromatic nitrogens is 5. The van der Waals surface area contributed by atoms with Crippen LogP contribution in [0.2, 0.25) is 5.02 Å². The number of rotatable bonds is 12. The number of hydrogen-bond donors (Lipinski definition) is 1. The van der Waals surface area contributed by atoms with Crippen LogP contribution in [0.4, 0.5) is 5.95 Å². The Hall–Kier alpha value is -1.90. The van der Waals surface area contributed by atoms with Crippen LogP contribution in [-0.2, 0) is 29.0 Å². The van der Waals surface area contributed by atoms with E-state index < -0.39 is 27.6 Å². The van der Waals surface area contributed by atoms with Crippen LogP contribution < -0.4 is 4.72 Å². The molecule has 1 saturated heterocycles. The van der Waals surface area contributed by atoms with E-state index in [0.717, 1.165) is 12.8 Å². The van der Waals surface area contributed by atoms with Crippen molar-refractivity contribution in [2.75, 3.05) is 32.7 Å². The minimum Gasteiger partial charge on any atom is -0.385 e. The van der Waals surface area contributed by atoms with Crippen LogP contribution in [0.25, 0.3) is 0 Å². The van der Waals surface area contributed by atoms with Gasteiger partial charge in [0.2, 0.25) is 16.0 Å². The van der Waals surface area contributed by atoms with Crippen molar-refractivity contribution < 1.29 is 27.4 Å². The van der Waals surface area contributed by atoms with E-state index in [2.05, 4.69) is 24.9 Å². The second-order valence-electron chi connectivity index (χ2n) is 8.00. The molecule has 1 unspecified atom stereocenters. The largest absolute Gasteiger partial charge is 0.385 e. The van der Waals surface area contributed by atoms with Crippen LogP contribution in [0.5, 0.6) is 0 Å². The van der Waals surface area contributed by atoms with Crippen LogP contribution >= 0.6 is 11.6 Å². The third-order valence-corrected chi connectivity index (χ3v) is 7.56. The van der Waals surface area contributed by atoms with Crippen LogP contribution in [0.3, 0.4) is 0 Å². The predicted molar refractivity (Wildman–Crippen MR) is 124 cm³/mol. The third kappa shape index (κ3) is 6.01. The molecule has 0 bridgehead atoms. The van der Waals surface area contributed by atoms with Crippen molar-refractivity contribution in [1.82, 2.24) is 24.7 Å². The standard InChI is InChI=1S/C20H31ClN6O6S/c1-12-6-7-15(33-12)19-24-25-20(27(19)16(31-4)8-9-30-3)26-34(28,29)13(2)17(32-5)18-22-10-14(21)11-23-18/h10-13,15-17H,6-9H2,1-5H3,(H,25,26)/t12-,13+,15-,16?,17+/m1/s1. The molecule has 1 aliphatic heterocycles. The number of nitrogens with one attached hydrogen (secondary N) is 1. The quantitative estimate of drug-likeness (QED) is 0.445. The third-order valence-electron chi connectivity index (χ3n) is 5.67. The van der Waals surface area contributed by atoms with E-state index in [-0.39, 0.29) is 24.0 Å². The van der Waals surface area contributed by atoms with Gasteiger partial charge in [-0.15, -0.1) is 10.2 Å². The second-order valence-corrected chi connectivity index (χ2v) is 10.5. The molecule has 34 heavy (non-hydrogen) atoms. The van der Waals surface area contributed by atoms with E-state index in [1.54, 1.807) is 11.7 Å². The van der Waals surface area contributed by atoms with Gasteiger partial charge in [0.05, 0.1) is 17.7 Å². The number of halogens is 1. The first kappa shape index (κ1) is 26.7. The molecular formula is C20H31ClN6O6S. The van der Waals surface area contributed by atoms with Crippen molar-refractivity contribution in [2.24, 2.45) is 0 Å². The van der Waals surface area contributed by atoms with Gasteiger partial charge in [-0.25, -0.2) is 18.4 Å². The van der Waals surface area contributed by atoms with Gasteiger partial charge >= 0.3 is 0 Å². The summed E-state index contributed by atoms with van der Waals surface area (Å²) in [5.74, 6) is 0.692. The van der Waals surface area contributed by atoms with Gasteiger partial charge in [-0.1, -0.05) is 11.6 Å². The summed E-state index contributed by atoms with van der Waals surface area (Å²) >= 11 is 5.85. The Balaban J connectivity index is 1.93. The topological polar surface area (TPSA) is 140 Å². The highest BCUT2D eigenvalue weighted by molar-refractivity contribution is 7.93. The normalized spacial score (nSPS) is 21.4. The Labute approximate surface area is 204 Å². The first-order chi connectivity index (χ1) is 16.2. The number of hydrogen-bond acceptors (Lipinski definition) is 10. The maximum absolute atomic E-state index is 13.3. The minimum absolute atomic E-state index is 0.0137. The SMILES string of the molecule is COCCC(OC)n1c(NS(=O)(=O)[C@@H](C)[C@H](OC)c2ncc(Cl)cn2)nnc1[C@H]1CC[C@@H](C)O1. The Morgan fingerprint density at radius 3 is 2.47 bits per heavy atom. The van der Waals surface area contributed by atoms with E-state index in [9.17, 15) is 8.42 Å². The van der Waals surface area contributed by atoms with Gasteiger partial charge in [0.15, 0.2) is 11.6 Å². The zero-order chi connectivity index (χ0) is 24.9. The first-order valence-corrected chi connectivity index (χ1v) is 12.8. The van der Waals surface area contributed by atoms with Gasteiger partial charge < -0.3 is 18.9 Å². The molecule has 0 amide bonds. The lowest BCUT2D eigenvalue weighted by atomic mass is 10.2. The monoisotopic (exact) mass is 518 g/mol. The van der Waals surface area contributed by atoms with Gasteiger partial charge in [0.25, 0.3) is 0 Å². The lowest BCUT2D eigenvalue weighted by Gasteiger charge is -2.25. The molecule has 2 aromatic heterocycles. The molecule has 1 N–H and O–H groups in total. The molecule has 0 aliphatic carbocycles. The maximum atomic E-state index is 13.3. The minimum atomic E-state index is -4.03. The predicted octanol–water partition coefficient (Wildman–Crippen LogP) is 2.66. The molecule has 0 spiro atoms. The average Bonchev–Trinajstić information content (AvgIpc) is 3.42. The van der Waals surface area contributed by atoms with Crippen molar-refractivity contribution in [2.45, 2.75) is 62.9 Å². The van der Waals surface area contributed by atoms with Gasteiger partial charge in [0, 0.05) is 40.1 Å². The number of methoxy groups -OCH3 is 3. The molecule has 12 nitrogen and oxygen atoms in total. The van der Waals surface area contributed by atoms with Crippen LogP contribution in [-0.4, -0.2) is 72.4 Å². The fourth-order valence-corrected chi connectivity index (χ4v) is 5.03. The summed E-state index contributed by atoms with van der Waals surface area (Å²) in [6.45, 7) is 3.87. The highest BCUT2D eigenvalue weighted by Crippen LogP contribution is 2.35. The van der Waals surface area contributed by atoms with E-state index in [1.165, 1.54) is 33.5 Å². The van der Waals surface area contributed by atoms with Crippen molar-refractivity contribution in [3.8, 4) is 0 Å². The van der Waals surface area contributed by atoms with Crippen LogP contribution in [0, 0.1) is 0 Å². The number of nitrogens with zero attached hydrogens (tertiary/aromatic N) is 5. The lowest BCUT2D eigenvalue weighted by Crippen LogP contribution is -2.34. The molecule has 190 valence electrons. The summed E-state index contributed by atoms with van der Waals surface area (Å²) in [4.78, 5) is 8.21. The van der Waals surface area contributed by atoms with Crippen molar-refractivity contribution in [3.63, 3.8) is 0 Å². The second kappa shape index (κ2) is 11.7. The molecule has 1 fully saturated rings.